The Morgan fingerprint density at radius 1 is 0.364 bits per heavy atom. The van der Waals surface area contributed by atoms with Gasteiger partial charge >= 0.3 is 165 Å². The Morgan fingerprint density at radius 3 is 0.364 bits per heavy atom. The first-order valence-corrected chi connectivity index (χ1v) is 30.2. The van der Waals surface area contributed by atoms with Crippen LogP contribution >= 0.6 is 0 Å². The summed E-state index contributed by atoms with van der Waals surface area (Å²) in [6, 6.07) is 0. The van der Waals surface area contributed by atoms with Crippen LogP contribution < -0.4 is 0 Å². The van der Waals surface area contributed by atoms with E-state index in [-0.39, 0.29) is 22.4 Å². The molecule has 60 valence electrons. The van der Waals surface area contributed by atoms with Crippen LogP contribution in [0.3, 0.4) is 0 Å². The standard InChI is InChI=1S/5As2H.Ta/c5*1-2;/h5*1H;/q5*-1;+5. The van der Waals surface area contributed by atoms with E-state index >= 15 is 0 Å². The van der Waals surface area contributed by atoms with E-state index in [0.717, 1.165) is 0 Å². The average molecular weight is 935 g/mol. The number of hydrogen-bond acceptors (Lipinski definition) is 0. The molecule has 0 N–H and O–H groups in total. The summed E-state index contributed by atoms with van der Waals surface area (Å²) in [5, 5.41) is 0. The van der Waals surface area contributed by atoms with Crippen LogP contribution in [-0.2, 0) is 22.4 Å². The van der Waals surface area contributed by atoms with Gasteiger partial charge in [-0.1, -0.05) is 0 Å². The van der Waals surface area contributed by atoms with Gasteiger partial charge < -0.3 is 0 Å². The molecule has 0 heterocycles. The summed E-state index contributed by atoms with van der Waals surface area (Å²) in [7, 11) is 0. The predicted octanol–water partition coefficient (Wildman–Crippen LogP) is -5.15. The molecular formula is H5As10Ta. The molecule has 0 saturated heterocycles. The van der Waals surface area contributed by atoms with E-state index in [0.29, 0.717) is 0 Å². The van der Waals surface area contributed by atoms with E-state index in [4.69, 9.17) is 0 Å². The molecule has 0 rings (SSSR count). The van der Waals surface area contributed by atoms with E-state index < -0.39 is 0 Å². The third kappa shape index (κ3) is 83.7. The zero-order valence-corrected chi connectivity index (χ0v) is 28.3. The molecule has 0 atom stereocenters. The van der Waals surface area contributed by atoms with E-state index in [1.807, 2.05) is 71.2 Å². The fourth-order valence-electron chi connectivity index (χ4n) is 0. The molecule has 0 aliphatic rings. The minimum Gasteiger partial charge on any atom is 5.00 e. The van der Waals surface area contributed by atoms with Gasteiger partial charge in [0.2, 0.25) is 0 Å². The molecular weight excluding hydrogens is 930 g/mol. The number of hydrogen-bond donors (Lipinski definition) is 0. The molecule has 0 radical (unpaired) electrons. The topological polar surface area (TPSA) is 0 Å². The molecule has 0 bridgehead atoms. The van der Waals surface area contributed by atoms with E-state index in [1.165, 1.54) is 0 Å². The van der Waals surface area contributed by atoms with Gasteiger partial charge in [0.1, 0.15) is 0 Å². The zero-order valence-electron chi connectivity index (χ0n) is 5.18. The van der Waals surface area contributed by atoms with E-state index in [9.17, 15) is 0 Å². The van der Waals surface area contributed by atoms with Gasteiger partial charge in [0.15, 0.2) is 0 Å². The molecule has 0 unspecified atom stereocenters. The molecule has 0 fully saturated rings. The van der Waals surface area contributed by atoms with Crippen molar-refractivity contribution in [1.82, 2.24) is 0 Å². The van der Waals surface area contributed by atoms with Crippen LogP contribution in [0.15, 0.2) is 0 Å². The molecule has 0 saturated carbocycles. The van der Waals surface area contributed by atoms with Crippen molar-refractivity contribution < 1.29 is 22.4 Å². The Bertz CT molecular complexity index is 16.4. The normalized spacial score (nSPS) is 1.82. The monoisotopic (exact) mass is 935 g/mol. The molecule has 0 aromatic heterocycles. The Kier molecular flexibility index (Phi) is 314. The van der Waals surface area contributed by atoms with Crippen molar-refractivity contribution in [1.29, 1.82) is 0 Å². The van der Waals surface area contributed by atoms with Crippen molar-refractivity contribution in [3.05, 3.63) is 0 Å². The van der Waals surface area contributed by atoms with Gasteiger partial charge in [-0.25, -0.2) is 0 Å². The first-order chi connectivity index (χ1) is 5.00. The Hall–Kier alpha value is 6.32. The summed E-state index contributed by atoms with van der Waals surface area (Å²) < 4.78 is 0. The van der Waals surface area contributed by atoms with Crippen molar-refractivity contribution in [2.45, 2.75) is 0 Å². The van der Waals surface area contributed by atoms with Gasteiger partial charge in [0.25, 0.3) is 0 Å². The summed E-state index contributed by atoms with van der Waals surface area (Å²) in [6.07, 6.45) is 0. The van der Waals surface area contributed by atoms with Crippen LogP contribution in [0.1, 0.15) is 0 Å². The van der Waals surface area contributed by atoms with Gasteiger partial charge in [-0.3, -0.25) is 0 Å². The summed E-state index contributed by atoms with van der Waals surface area (Å²) in [5.41, 5.74) is 0. The second-order valence-electron chi connectivity index (χ2n) is 0. The van der Waals surface area contributed by atoms with Crippen LogP contribution in [0.2, 0.25) is 0 Å². The van der Waals surface area contributed by atoms with Crippen LogP contribution in [0.4, 0.5) is 0 Å². The largest absolute Gasteiger partial charge is 5.00 e. The van der Waals surface area contributed by atoms with Crippen LogP contribution in [0.5, 0.6) is 0 Å². The molecule has 0 aliphatic carbocycles. The maximum absolute atomic E-state index is 2.31. The molecule has 0 aliphatic heterocycles. The third-order valence-corrected chi connectivity index (χ3v) is 0. The fourth-order valence-corrected chi connectivity index (χ4v) is 0. The second kappa shape index (κ2) is 95.8. The first kappa shape index (κ1) is 36.0. The minimum atomic E-state index is 0. The van der Waals surface area contributed by atoms with Crippen molar-refractivity contribution >= 4 is 142 Å². The second-order valence-corrected chi connectivity index (χ2v) is 0. The van der Waals surface area contributed by atoms with Crippen molar-refractivity contribution in [2.75, 3.05) is 0 Å². The van der Waals surface area contributed by atoms with Crippen molar-refractivity contribution in [3.63, 3.8) is 0 Å². The van der Waals surface area contributed by atoms with E-state index in [1.54, 1.807) is 0 Å². The summed E-state index contributed by atoms with van der Waals surface area (Å²) in [6.45, 7) is 0. The minimum absolute atomic E-state index is 0. The molecule has 0 amide bonds. The van der Waals surface area contributed by atoms with Crippen LogP contribution in [-0.4, -0.2) is 142 Å². The third-order valence-electron chi connectivity index (χ3n) is 0. The Balaban J connectivity index is -0.00000000694. The van der Waals surface area contributed by atoms with Gasteiger partial charge in [-0.2, -0.15) is 0 Å². The zero-order chi connectivity index (χ0) is 10.0. The molecule has 0 aromatic carbocycles. The quantitative estimate of drug-likeness (QED) is 0.214. The van der Waals surface area contributed by atoms with Gasteiger partial charge in [-0.15, -0.1) is 0 Å². The smallest absolute Gasteiger partial charge is 5.00 e. The maximum Gasteiger partial charge on any atom is 5.00 e. The fraction of sp³-hybridized carbons (Fsp3) is 0. The maximum atomic E-state index is 2.31. The van der Waals surface area contributed by atoms with Crippen LogP contribution in [0, 0.1) is 0 Å². The first-order valence-electron chi connectivity index (χ1n) is 1.12. The predicted molar refractivity (Wildman–Crippen MR) is 64.5 cm³/mol. The molecule has 11 heavy (non-hydrogen) atoms. The number of rotatable bonds is 0. The summed E-state index contributed by atoms with van der Waals surface area (Å²) in [4.78, 5) is 0. The SMILES string of the molecule is [As-]=[AsH].[As-]=[AsH].[As-]=[AsH].[As-]=[AsH].[As-]=[AsH].[Ta+5]. The average Bonchev–Trinajstić information content (AvgIpc) is 2.20. The summed E-state index contributed by atoms with van der Waals surface area (Å²) >= 11 is 21.2. The van der Waals surface area contributed by atoms with Gasteiger partial charge in [0, 0.05) is 0 Å². The molecule has 0 nitrogen and oxygen atoms in total. The van der Waals surface area contributed by atoms with Gasteiger partial charge in [0.05, 0.1) is 0 Å². The summed E-state index contributed by atoms with van der Waals surface area (Å²) in [5.74, 6) is 0. The Morgan fingerprint density at radius 2 is 0.364 bits per heavy atom. The van der Waals surface area contributed by atoms with E-state index in [2.05, 4.69) is 71.2 Å². The molecule has 11 heteroatoms. The Labute approximate surface area is 160 Å². The van der Waals surface area contributed by atoms with Crippen molar-refractivity contribution in [3.8, 4) is 0 Å². The van der Waals surface area contributed by atoms with Crippen molar-refractivity contribution in [2.24, 2.45) is 0 Å². The molecule has 0 spiro atoms. The van der Waals surface area contributed by atoms with Crippen LogP contribution in [0.25, 0.3) is 0 Å². The molecule has 0 aromatic rings. The van der Waals surface area contributed by atoms with Gasteiger partial charge in [-0.05, 0) is 0 Å².